The second kappa shape index (κ2) is 6.12. The van der Waals surface area contributed by atoms with Crippen LogP contribution in [0, 0.1) is 13.8 Å². The zero-order valence-corrected chi connectivity index (χ0v) is 13.4. The maximum atomic E-state index is 12.8. The van der Waals surface area contributed by atoms with Crippen molar-refractivity contribution in [2.45, 2.75) is 13.8 Å². The normalized spacial score (nSPS) is 16.5. The van der Waals surface area contributed by atoms with Crippen LogP contribution < -0.4 is 10.2 Å². The van der Waals surface area contributed by atoms with Crippen molar-refractivity contribution in [3.63, 3.8) is 0 Å². The summed E-state index contributed by atoms with van der Waals surface area (Å²) in [5.74, 6) is -1.31. The average Bonchev–Trinajstić information content (AvgIpc) is 2.56. The van der Waals surface area contributed by atoms with Crippen molar-refractivity contribution < 1.29 is 14.4 Å². The van der Waals surface area contributed by atoms with Crippen molar-refractivity contribution in [3.05, 3.63) is 70.8 Å². The summed E-state index contributed by atoms with van der Waals surface area (Å²) in [7, 11) is 0. The predicted molar refractivity (Wildman–Crippen MR) is 91.4 cm³/mol. The smallest absolute Gasteiger partial charge is 0.273 e. The van der Waals surface area contributed by atoms with Crippen molar-refractivity contribution in [1.82, 2.24) is 5.32 Å². The summed E-state index contributed by atoms with van der Waals surface area (Å²) < 4.78 is 0. The third-order valence-corrected chi connectivity index (χ3v) is 4.03. The maximum Gasteiger partial charge on any atom is 0.335 e. The van der Waals surface area contributed by atoms with Gasteiger partial charge in [0.05, 0.1) is 5.69 Å². The first-order valence-electron chi connectivity index (χ1n) is 7.52. The Morgan fingerprint density at radius 2 is 1.62 bits per heavy atom. The van der Waals surface area contributed by atoms with Gasteiger partial charge in [0.2, 0.25) is 0 Å². The fourth-order valence-electron chi connectivity index (χ4n) is 2.57. The van der Waals surface area contributed by atoms with Crippen LogP contribution in [-0.2, 0) is 9.59 Å². The molecule has 24 heavy (non-hydrogen) atoms. The average molecular weight is 320 g/mol. The van der Waals surface area contributed by atoms with E-state index < -0.39 is 17.8 Å². The zero-order valence-electron chi connectivity index (χ0n) is 13.4. The number of carbonyl (C=O) groups excluding carboxylic acids is 3. The first kappa shape index (κ1) is 15.7. The van der Waals surface area contributed by atoms with E-state index in [1.807, 2.05) is 38.1 Å². The molecular weight excluding hydrogens is 304 g/mol. The predicted octanol–water partition coefficient (Wildman–Crippen LogP) is 2.97. The number of urea groups is 1. The Bertz CT molecular complexity index is 869. The molecule has 0 saturated carbocycles. The SMILES string of the molecule is Cc1cccc(N2C(=O)NC(=O)/C(=C\c3ccccc3)C2=O)c1C. The molecule has 4 amide bonds. The van der Waals surface area contributed by atoms with Crippen LogP contribution in [0.3, 0.4) is 0 Å². The molecule has 1 aliphatic heterocycles. The molecule has 1 N–H and O–H groups in total. The number of barbiturate groups is 1. The number of nitrogens with one attached hydrogen (secondary N) is 1. The van der Waals surface area contributed by atoms with E-state index in [1.165, 1.54) is 6.08 Å². The minimum absolute atomic E-state index is 0.0679. The topological polar surface area (TPSA) is 66.5 Å². The van der Waals surface area contributed by atoms with Crippen LogP contribution >= 0.6 is 0 Å². The van der Waals surface area contributed by atoms with Crippen molar-refractivity contribution in [3.8, 4) is 0 Å². The first-order valence-corrected chi connectivity index (χ1v) is 7.52. The van der Waals surface area contributed by atoms with Crippen molar-refractivity contribution >= 4 is 29.6 Å². The number of nitrogens with zero attached hydrogens (tertiary/aromatic N) is 1. The lowest BCUT2D eigenvalue weighted by molar-refractivity contribution is -0.122. The third-order valence-electron chi connectivity index (χ3n) is 4.03. The number of aryl methyl sites for hydroxylation is 1. The largest absolute Gasteiger partial charge is 0.335 e. The number of rotatable bonds is 2. The summed E-state index contributed by atoms with van der Waals surface area (Å²) in [6.45, 7) is 3.74. The molecule has 0 unspecified atom stereocenters. The summed E-state index contributed by atoms with van der Waals surface area (Å²) in [6, 6.07) is 13.7. The minimum atomic E-state index is -0.732. The Labute approximate surface area is 139 Å². The van der Waals surface area contributed by atoms with E-state index in [1.54, 1.807) is 24.3 Å². The second-order valence-electron chi connectivity index (χ2n) is 5.59. The molecule has 5 heteroatoms. The van der Waals surface area contributed by atoms with E-state index in [4.69, 9.17) is 0 Å². The van der Waals surface area contributed by atoms with Crippen molar-refractivity contribution in [2.24, 2.45) is 0 Å². The third kappa shape index (κ3) is 2.72. The Morgan fingerprint density at radius 1 is 0.917 bits per heavy atom. The van der Waals surface area contributed by atoms with Gasteiger partial charge in [-0.1, -0.05) is 42.5 Å². The maximum absolute atomic E-state index is 12.8. The summed E-state index contributed by atoms with van der Waals surface area (Å²) in [5.41, 5.74) is 2.89. The van der Waals surface area contributed by atoms with Gasteiger partial charge in [0.15, 0.2) is 0 Å². The highest BCUT2D eigenvalue weighted by molar-refractivity contribution is 6.39. The number of imide groups is 2. The highest BCUT2D eigenvalue weighted by atomic mass is 16.2. The highest BCUT2D eigenvalue weighted by Gasteiger charge is 2.37. The van der Waals surface area contributed by atoms with Gasteiger partial charge < -0.3 is 0 Å². The molecule has 1 aliphatic rings. The molecule has 0 radical (unpaired) electrons. The van der Waals surface area contributed by atoms with Crippen LogP contribution in [0.5, 0.6) is 0 Å². The Balaban J connectivity index is 2.07. The van der Waals surface area contributed by atoms with Crippen LogP contribution in [0.1, 0.15) is 16.7 Å². The Hall–Kier alpha value is -3.21. The molecule has 0 aliphatic carbocycles. The molecule has 0 spiro atoms. The van der Waals surface area contributed by atoms with Gasteiger partial charge in [-0.25, -0.2) is 9.69 Å². The van der Waals surface area contributed by atoms with Gasteiger partial charge in [-0.05, 0) is 42.7 Å². The van der Waals surface area contributed by atoms with Gasteiger partial charge in [-0.3, -0.25) is 14.9 Å². The summed E-state index contributed by atoms with van der Waals surface area (Å²) >= 11 is 0. The summed E-state index contributed by atoms with van der Waals surface area (Å²) in [4.78, 5) is 38.1. The minimum Gasteiger partial charge on any atom is -0.273 e. The fourth-order valence-corrected chi connectivity index (χ4v) is 2.57. The summed E-state index contributed by atoms with van der Waals surface area (Å²) in [5, 5.41) is 2.23. The van der Waals surface area contributed by atoms with E-state index in [9.17, 15) is 14.4 Å². The molecule has 1 saturated heterocycles. The van der Waals surface area contributed by atoms with E-state index >= 15 is 0 Å². The van der Waals surface area contributed by atoms with E-state index in [0.29, 0.717) is 11.3 Å². The number of amides is 4. The fraction of sp³-hybridized carbons (Fsp3) is 0.105. The van der Waals surface area contributed by atoms with Gasteiger partial charge in [0, 0.05) is 0 Å². The van der Waals surface area contributed by atoms with Gasteiger partial charge in [0.25, 0.3) is 11.8 Å². The Kier molecular flexibility index (Phi) is 4.00. The summed E-state index contributed by atoms with van der Waals surface area (Å²) in [6.07, 6.45) is 1.49. The van der Waals surface area contributed by atoms with Crippen LogP contribution in [-0.4, -0.2) is 17.8 Å². The molecule has 2 aromatic rings. The molecule has 5 nitrogen and oxygen atoms in total. The molecule has 0 bridgehead atoms. The van der Waals surface area contributed by atoms with Crippen LogP contribution in [0.15, 0.2) is 54.1 Å². The molecule has 0 aromatic heterocycles. The molecule has 3 rings (SSSR count). The molecule has 2 aromatic carbocycles. The number of benzene rings is 2. The standard InChI is InChI=1S/C19H16N2O3/c1-12-7-6-10-16(13(12)2)21-18(23)15(17(22)20-19(21)24)11-14-8-4-3-5-9-14/h3-11H,1-2H3,(H,20,22,24)/b15-11+. The zero-order chi connectivity index (χ0) is 17.3. The number of hydrogen-bond donors (Lipinski definition) is 1. The van der Waals surface area contributed by atoms with Crippen LogP contribution in [0.25, 0.3) is 6.08 Å². The van der Waals surface area contributed by atoms with E-state index in [0.717, 1.165) is 16.0 Å². The quantitative estimate of drug-likeness (QED) is 0.683. The van der Waals surface area contributed by atoms with Crippen molar-refractivity contribution in [1.29, 1.82) is 0 Å². The first-order chi connectivity index (χ1) is 11.5. The lowest BCUT2D eigenvalue weighted by Gasteiger charge is -2.28. The van der Waals surface area contributed by atoms with E-state index in [2.05, 4.69) is 5.32 Å². The number of anilines is 1. The molecule has 1 heterocycles. The molecule has 120 valence electrons. The second-order valence-corrected chi connectivity index (χ2v) is 5.59. The molecular formula is C19H16N2O3. The lowest BCUT2D eigenvalue weighted by Crippen LogP contribution is -2.54. The van der Waals surface area contributed by atoms with Gasteiger partial charge >= 0.3 is 6.03 Å². The number of hydrogen-bond acceptors (Lipinski definition) is 3. The highest BCUT2D eigenvalue weighted by Crippen LogP contribution is 2.26. The van der Waals surface area contributed by atoms with Gasteiger partial charge in [0.1, 0.15) is 5.57 Å². The van der Waals surface area contributed by atoms with Crippen molar-refractivity contribution in [2.75, 3.05) is 4.90 Å². The molecule has 0 atom stereocenters. The van der Waals surface area contributed by atoms with E-state index in [-0.39, 0.29) is 5.57 Å². The van der Waals surface area contributed by atoms with Crippen LogP contribution in [0.4, 0.5) is 10.5 Å². The van der Waals surface area contributed by atoms with Crippen LogP contribution in [0.2, 0.25) is 0 Å². The number of carbonyl (C=O) groups is 3. The Morgan fingerprint density at radius 3 is 2.33 bits per heavy atom. The molecule has 1 fully saturated rings. The van der Waals surface area contributed by atoms with Gasteiger partial charge in [-0.2, -0.15) is 0 Å². The lowest BCUT2D eigenvalue weighted by atomic mass is 10.0. The van der Waals surface area contributed by atoms with Gasteiger partial charge in [-0.15, -0.1) is 0 Å². The monoisotopic (exact) mass is 320 g/mol.